The second-order valence-corrected chi connectivity index (χ2v) is 5.67. The number of nitrogens with zero attached hydrogens (tertiary/aromatic N) is 2. The van der Waals surface area contributed by atoms with Gasteiger partial charge in [-0.25, -0.2) is 4.99 Å². The topological polar surface area (TPSA) is 70.7 Å². The van der Waals surface area contributed by atoms with Gasteiger partial charge in [-0.3, -0.25) is 4.79 Å². The molecule has 0 radical (unpaired) electrons. The minimum absolute atomic E-state index is 0.249. The summed E-state index contributed by atoms with van der Waals surface area (Å²) < 4.78 is 0. The van der Waals surface area contributed by atoms with Crippen LogP contribution >= 0.6 is 0 Å². The quantitative estimate of drug-likeness (QED) is 0.460. The van der Waals surface area contributed by atoms with Crippen LogP contribution in [0.5, 0.6) is 0 Å². The molecule has 5 nitrogen and oxygen atoms in total. The highest BCUT2D eigenvalue weighted by atomic mass is 16.2. The number of unbranched alkanes of at least 4 members (excludes halogenated alkanes) is 1. The summed E-state index contributed by atoms with van der Waals surface area (Å²) in [5.41, 5.74) is 8.16. The Bertz CT molecular complexity index is 527. The first-order valence-electron chi connectivity index (χ1n) is 8.09. The van der Waals surface area contributed by atoms with Crippen molar-refractivity contribution >= 4 is 11.9 Å². The molecule has 120 valence electrons. The number of benzene rings is 1. The van der Waals surface area contributed by atoms with E-state index >= 15 is 0 Å². The Morgan fingerprint density at radius 1 is 1.36 bits per heavy atom. The van der Waals surface area contributed by atoms with Gasteiger partial charge >= 0.3 is 0 Å². The van der Waals surface area contributed by atoms with Crippen LogP contribution in [-0.4, -0.2) is 29.9 Å². The normalized spacial score (nSPS) is 15.4. The molecule has 0 saturated carbocycles. The van der Waals surface area contributed by atoms with E-state index in [4.69, 9.17) is 5.73 Å². The molecule has 22 heavy (non-hydrogen) atoms. The van der Waals surface area contributed by atoms with Crippen LogP contribution in [0.4, 0.5) is 0 Å². The fourth-order valence-corrected chi connectivity index (χ4v) is 2.56. The maximum atomic E-state index is 11.8. The summed E-state index contributed by atoms with van der Waals surface area (Å²) in [6, 6.07) is 8.13. The Kier molecular flexibility index (Phi) is 6.25. The van der Waals surface area contributed by atoms with Crippen LogP contribution in [0, 0.1) is 0 Å². The van der Waals surface area contributed by atoms with Crippen molar-refractivity contribution in [2.45, 2.75) is 45.7 Å². The highest BCUT2D eigenvalue weighted by molar-refractivity contribution is 5.78. The molecule has 2 rings (SSSR count). The number of likely N-dealkylation sites (tertiary alicyclic amines) is 1. The van der Waals surface area contributed by atoms with Crippen molar-refractivity contribution in [3.05, 3.63) is 35.4 Å². The first-order chi connectivity index (χ1) is 10.7. The zero-order valence-corrected chi connectivity index (χ0v) is 13.3. The van der Waals surface area contributed by atoms with Gasteiger partial charge in [0.15, 0.2) is 5.96 Å². The number of nitrogens with one attached hydrogen (secondary N) is 1. The third-order valence-electron chi connectivity index (χ3n) is 3.91. The number of rotatable bonds is 7. The summed E-state index contributed by atoms with van der Waals surface area (Å²) in [5.74, 6) is 0.736. The van der Waals surface area contributed by atoms with E-state index in [9.17, 15) is 4.79 Å². The lowest BCUT2D eigenvalue weighted by Crippen LogP contribution is -2.32. The minimum Gasteiger partial charge on any atom is -0.370 e. The average molecular weight is 302 g/mol. The molecule has 1 aromatic carbocycles. The van der Waals surface area contributed by atoms with Gasteiger partial charge in [-0.15, -0.1) is 0 Å². The molecule has 1 fully saturated rings. The van der Waals surface area contributed by atoms with Gasteiger partial charge in [-0.1, -0.05) is 37.6 Å². The predicted octanol–water partition coefficient (Wildman–Crippen LogP) is 2.01. The zero-order valence-electron chi connectivity index (χ0n) is 13.3. The van der Waals surface area contributed by atoms with Crippen LogP contribution < -0.4 is 11.1 Å². The van der Waals surface area contributed by atoms with Crippen LogP contribution in [0.1, 0.15) is 43.7 Å². The van der Waals surface area contributed by atoms with Gasteiger partial charge in [-0.05, 0) is 24.0 Å². The molecule has 0 aliphatic carbocycles. The molecule has 0 spiro atoms. The van der Waals surface area contributed by atoms with Crippen LogP contribution in [0.15, 0.2) is 29.3 Å². The Balaban J connectivity index is 1.96. The SMILES string of the molecule is CCCCNC(N)=NCc1ccccc1CN1CCCC1=O. The van der Waals surface area contributed by atoms with Crippen LogP contribution in [0.2, 0.25) is 0 Å². The van der Waals surface area contributed by atoms with E-state index in [0.717, 1.165) is 43.5 Å². The Hall–Kier alpha value is -2.04. The van der Waals surface area contributed by atoms with Gasteiger partial charge in [0.25, 0.3) is 0 Å². The third kappa shape index (κ3) is 4.76. The Morgan fingerprint density at radius 3 is 2.82 bits per heavy atom. The van der Waals surface area contributed by atoms with E-state index in [0.29, 0.717) is 25.5 Å². The van der Waals surface area contributed by atoms with Crippen molar-refractivity contribution in [1.29, 1.82) is 0 Å². The molecule has 0 aromatic heterocycles. The minimum atomic E-state index is 0.249. The monoisotopic (exact) mass is 302 g/mol. The molecular weight excluding hydrogens is 276 g/mol. The van der Waals surface area contributed by atoms with E-state index in [2.05, 4.69) is 29.4 Å². The number of carbonyl (C=O) groups excluding carboxylic acids is 1. The molecule has 1 heterocycles. The van der Waals surface area contributed by atoms with Gasteiger partial charge in [0.1, 0.15) is 0 Å². The van der Waals surface area contributed by atoms with Crippen LogP contribution in [0.25, 0.3) is 0 Å². The molecule has 1 aromatic rings. The standard InChI is InChI=1S/C17H26N4O/c1-2-3-10-19-17(18)20-12-14-7-4-5-8-15(14)13-21-11-6-9-16(21)22/h4-5,7-8H,2-3,6,9-13H2,1H3,(H3,18,19,20). The summed E-state index contributed by atoms with van der Waals surface area (Å²) in [6.07, 6.45) is 3.86. The largest absolute Gasteiger partial charge is 0.370 e. The first kappa shape index (κ1) is 16.3. The molecule has 0 unspecified atom stereocenters. The van der Waals surface area contributed by atoms with Gasteiger partial charge in [-0.2, -0.15) is 0 Å². The average Bonchev–Trinajstić information content (AvgIpc) is 2.92. The molecule has 5 heteroatoms. The molecule has 1 amide bonds. The number of hydrogen-bond donors (Lipinski definition) is 2. The lowest BCUT2D eigenvalue weighted by Gasteiger charge is -2.17. The Labute approximate surface area is 132 Å². The van der Waals surface area contributed by atoms with E-state index < -0.39 is 0 Å². The number of aliphatic imine (C=N–C) groups is 1. The molecule has 0 atom stereocenters. The molecule has 1 aliphatic heterocycles. The number of nitrogens with two attached hydrogens (primary N) is 1. The number of guanidine groups is 1. The van der Waals surface area contributed by atoms with Gasteiger partial charge in [0, 0.05) is 26.1 Å². The van der Waals surface area contributed by atoms with Crippen LogP contribution in [-0.2, 0) is 17.9 Å². The summed E-state index contributed by atoms with van der Waals surface area (Å²) in [6.45, 7) is 5.08. The van der Waals surface area contributed by atoms with Crippen molar-refractivity contribution in [3.63, 3.8) is 0 Å². The fourth-order valence-electron chi connectivity index (χ4n) is 2.56. The molecule has 1 aliphatic rings. The van der Waals surface area contributed by atoms with Crippen molar-refractivity contribution < 1.29 is 4.79 Å². The second-order valence-electron chi connectivity index (χ2n) is 5.67. The van der Waals surface area contributed by atoms with E-state index in [-0.39, 0.29) is 5.91 Å². The predicted molar refractivity (Wildman–Crippen MR) is 89.3 cm³/mol. The van der Waals surface area contributed by atoms with Crippen molar-refractivity contribution in [2.75, 3.05) is 13.1 Å². The fraction of sp³-hybridized carbons (Fsp3) is 0.529. The highest BCUT2D eigenvalue weighted by Gasteiger charge is 2.20. The number of amides is 1. The van der Waals surface area contributed by atoms with Crippen LogP contribution in [0.3, 0.4) is 0 Å². The third-order valence-corrected chi connectivity index (χ3v) is 3.91. The summed E-state index contributed by atoms with van der Waals surface area (Å²) in [7, 11) is 0. The lowest BCUT2D eigenvalue weighted by atomic mass is 10.1. The van der Waals surface area contributed by atoms with Crippen molar-refractivity contribution in [3.8, 4) is 0 Å². The first-order valence-corrected chi connectivity index (χ1v) is 8.09. The maximum Gasteiger partial charge on any atom is 0.222 e. The molecule has 1 saturated heterocycles. The summed E-state index contributed by atoms with van der Waals surface area (Å²) in [5, 5.41) is 3.12. The van der Waals surface area contributed by atoms with E-state index in [1.165, 1.54) is 0 Å². The Morgan fingerprint density at radius 2 is 2.14 bits per heavy atom. The zero-order chi connectivity index (χ0) is 15.8. The van der Waals surface area contributed by atoms with Crippen molar-refractivity contribution in [1.82, 2.24) is 10.2 Å². The summed E-state index contributed by atoms with van der Waals surface area (Å²) >= 11 is 0. The van der Waals surface area contributed by atoms with Crippen molar-refractivity contribution in [2.24, 2.45) is 10.7 Å². The molecule has 0 bridgehead atoms. The second kappa shape index (κ2) is 8.41. The van der Waals surface area contributed by atoms with Gasteiger partial charge in [0.05, 0.1) is 6.54 Å². The molecular formula is C17H26N4O. The lowest BCUT2D eigenvalue weighted by molar-refractivity contribution is -0.128. The molecule has 3 N–H and O–H groups in total. The maximum absolute atomic E-state index is 11.8. The van der Waals surface area contributed by atoms with E-state index in [1.54, 1.807) is 0 Å². The summed E-state index contributed by atoms with van der Waals surface area (Å²) in [4.78, 5) is 18.1. The smallest absolute Gasteiger partial charge is 0.222 e. The number of carbonyl (C=O) groups is 1. The van der Waals surface area contributed by atoms with Gasteiger partial charge < -0.3 is 16.0 Å². The van der Waals surface area contributed by atoms with E-state index in [1.807, 2.05) is 17.0 Å². The van der Waals surface area contributed by atoms with Gasteiger partial charge in [0.2, 0.25) is 5.91 Å². The highest BCUT2D eigenvalue weighted by Crippen LogP contribution is 2.17. The number of hydrogen-bond acceptors (Lipinski definition) is 2.